The lowest BCUT2D eigenvalue weighted by atomic mass is 10.1. The molecule has 4 N–H and O–H groups in total. The van der Waals surface area contributed by atoms with Gasteiger partial charge in [0, 0.05) is 62.2 Å². The van der Waals surface area contributed by atoms with Crippen molar-refractivity contribution in [3.05, 3.63) is 48.3 Å². The molecule has 0 aliphatic heterocycles. The lowest BCUT2D eigenvalue weighted by Gasteiger charge is -2.34. The molecule has 0 bridgehead atoms. The summed E-state index contributed by atoms with van der Waals surface area (Å²) < 4.78 is 9.21. The maximum absolute atomic E-state index is 12.2. The first-order valence-corrected chi connectivity index (χ1v) is 27.7. The van der Waals surface area contributed by atoms with Crippen LogP contribution in [0.25, 0.3) is 0 Å². The smallest absolute Gasteiger partial charge is 0.329 e. The lowest BCUT2D eigenvalue weighted by Crippen LogP contribution is -2.47. The average Bonchev–Trinajstić information content (AvgIpc) is 4.11. The van der Waals surface area contributed by atoms with Crippen molar-refractivity contribution in [2.75, 3.05) is 25.7 Å². The molecule has 2 aromatic rings. The van der Waals surface area contributed by atoms with E-state index in [9.17, 15) is 39.4 Å². The molecule has 3 aliphatic carbocycles. The Morgan fingerprint density at radius 2 is 1.31 bits per heavy atom. The molecule has 372 valence electrons. The number of hydrogen-bond donors (Lipinski definition) is 3. The Balaban J connectivity index is -0.000000785. The van der Waals surface area contributed by atoms with Crippen molar-refractivity contribution in [3.63, 3.8) is 0 Å². The number of nitrogens with zero attached hydrogens (tertiary/aromatic N) is 7. The Hall–Kier alpha value is -2.75. The fourth-order valence-electron chi connectivity index (χ4n) is 6.51. The van der Waals surface area contributed by atoms with E-state index < -0.39 is 27.9 Å². The highest BCUT2D eigenvalue weighted by Crippen LogP contribution is 2.35. The summed E-state index contributed by atoms with van der Waals surface area (Å²) in [5.41, 5.74) is 4.64. The number of rotatable bonds is 14. The number of nitrogens with two attached hydrogens (primary N) is 1. The Labute approximate surface area is 420 Å². The van der Waals surface area contributed by atoms with Crippen LogP contribution in [0.2, 0.25) is 15.7 Å². The van der Waals surface area contributed by atoms with Gasteiger partial charge in [0.05, 0.1) is 30.1 Å². The number of nitro groups is 2. The molecule has 0 radical (unpaired) electrons. The number of hydrogen-bond acceptors (Lipinski definition) is 18. The lowest BCUT2D eigenvalue weighted by molar-refractivity contribution is -0.385. The number of aromatic nitrogens is 4. The van der Waals surface area contributed by atoms with Gasteiger partial charge >= 0.3 is 23.3 Å². The molecule has 3 atom stereocenters. The second-order valence-electron chi connectivity index (χ2n) is 14.0. The van der Waals surface area contributed by atoms with Crippen molar-refractivity contribution in [2.45, 2.75) is 162 Å². The Morgan fingerprint density at radius 1 is 0.831 bits per heavy atom. The molecular formula is C40H66Cl3I2N9O11. The summed E-state index contributed by atoms with van der Waals surface area (Å²) >= 11 is 20.7. The summed E-state index contributed by atoms with van der Waals surface area (Å²) in [4.78, 5) is 80.5. The molecule has 20 nitrogen and oxygen atoms in total. The molecule has 0 saturated heterocycles. The molecule has 3 fully saturated rings. The van der Waals surface area contributed by atoms with Gasteiger partial charge in [-0.3, -0.25) is 34.6 Å². The van der Waals surface area contributed by atoms with Gasteiger partial charge in [0.1, 0.15) is 36.9 Å². The molecule has 5 rings (SSSR count). The van der Waals surface area contributed by atoms with E-state index in [-0.39, 0.29) is 78.2 Å². The maximum atomic E-state index is 12.2. The fraction of sp³-hybridized carbons (Fsp3) is 0.700. The number of carbonyl (C=O) groups excluding carboxylic acids is 4. The van der Waals surface area contributed by atoms with E-state index in [4.69, 9.17) is 50.4 Å². The number of esters is 2. The van der Waals surface area contributed by atoms with E-state index in [2.05, 4.69) is 67.2 Å². The van der Waals surface area contributed by atoms with Crippen LogP contribution < -0.4 is 16.0 Å². The van der Waals surface area contributed by atoms with Crippen molar-refractivity contribution in [1.29, 1.82) is 0 Å². The van der Waals surface area contributed by atoms with E-state index in [0.717, 1.165) is 70.2 Å². The van der Waals surface area contributed by atoms with Gasteiger partial charge in [0.25, 0.3) is 0 Å². The van der Waals surface area contributed by atoms with Gasteiger partial charge in [0.15, 0.2) is 5.78 Å². The van der Waals surface area contributed by atoms with E-state index in [1.807, 2.05) is 20.8 Å². The maximum Gasteiger partial charge on any atom is 0.329 e. The molecule has 25 heteroatoms. The Bertz CT molecular complexity index is 1720. The normalized spacial score (nSPS) is 15.2. The summed E-state index contributed by atoms with van der Waals surface area (Å²) in [6.07, 6.45) is 16.4. The Morgan fingerprint density at radius 3 is 1.68 bits per heavy atom. The minimum Gasteiger partial charge on any atom is -0.468 e. The van der Waals surface area contributed by atoms with Crippen LogP contribution in [0.4, 0.5) is 17.2 Å². The number of halogens is 5. The predicted octanol–water partition coefficient (Wildman–Crippen LogP) is 9.36. The largest absolute Gasteiger partial charge is 0.468 e. The zero-order valence-electron chi connectivity index (χ0n) is 36.0. The molecular weight excluding hydrogens is 1140 g/mol. The zero-order valence-corrected chi connectivity index (χ0v) is 42.6. The molecule has 2 heterocycles. The van der Waals surface area contributed by atoms with Crippen LogP contribution in [0.3, 0.4) is 0 Å². The predicted molar refractivity (Wildman–Crippen MR) is 270 cm³/mol. The van der Waals surface area contributed by atoms with Gasteiger partial charge < -0.3 is 30.5 Å². The second-order valence-corrected chi connectivity index (χ2v) is 15.0. The molecule has 2 aromatic heterocycles. The minimum atomic E-state index is -0.682. The summed E-state index contributed by atoms with van der Waals surface area (Å²) in [5.74, 6) is -0.320. The third-order valence-corrected chi connectivity index (χ3v) is 10.5. The number of ketones is 2. The fourth-order valence-corrected chi connectivity index (χ4v) is 7.01. The van der Waals surface area contributed by atoms with Gasteiger partial charge in [-0.2, -0.15) is 9.97 Å². The number of aliphatic hydroxyl groups is 1. The van der Waals surface area contributed by atoms with Crippen LogP contribution in [0.5, 0.6) is 0 Å². The Kier molecular flexibility index (Phi) is 39.1. The summed E-state index contributed by atoms with van der Waals surface area (Å²) in [6.45, 7) is 5.30. The first-order chi connectivity index (χ1) is 30.0. The van der Waals surface area contributed by atoms with E-state index in [1.54, 1.807) is 4.90 Å². The highest BCUT2D eigenvalue weighted by atomic mass is 128. The molecule has 3 aliphatic rings. The number of methoxy groups -OCH3 is 2. The van der Waals surface area contributed by atoms with Crippen molar-refractivity contribution < 1.29 is 43.6 Å². The van der Waals surface area contributed by atoms with Crippen molar-refractivity contribution >= 4 is 113 Å². The van der Waals surface area contributed by atoms with Gasteiger partial charge in [0.2, 0.25) is 21.5 Å². The third-order valence-electron chi connectivity index (χ3n) is 9.82. The number of Topliss-reactive ketones (excluding diaryl/α,β-unsaturated/α-hetero) is 2. The quantitative estimate of drug-likeness (QED) is 0.0396. The van der Waals surface area contributed by atoms with Crippen LogP contribution >= 0.6 is 72.0 Å². The van der Waals surface area contributed by atoms with Gasteiger partial charge in [-0.25, -0.2) is 14.8 Å². The van der Waals surface area contributed by atoms with E-state index in [0.29, 0.717) is 24.7 Å². The summed E-state index contributed by atoms with van der Waals surface area (Å²) in [7, 11) is 2.64. The standard InChI is InChI=1S/C14H19ClN4O4.C10H19NO2.C5H11NO2.C5H8O.C4HCl2N3O2.2CH4.I2/c1-3-10(13(20)23-2)18(9-6-4-5-7-9)12-11(19(21)22)8-16-14(15)17-12;1-2-9(10(13)7-12)11-8-5-3-4-6-8;1-3-4(6)5(7)8-2;6-5-3-1-2-4-5;5-3-2(9(10)11)1-7-4(6)8-3;;;1-2/h8-10H,3-7H2,1-2H3;8-9,11-12H,2-7H2,1H3;4H,3,6H2,1-2H3;1-4H2;1H;2*1H4;/t10-;9-;4-;;;;;/m111...../s1. The van der Waals surface area contributed by atoms with Gasteiger partial charge in [-0.1, -0.05) is 72.9 Å². The average molecular weight is 1210 g/mol. The molecule has 0 spiro atoms. The van der Waals surface area contributed by atoms with Crippen molar-refractivity contribution in [1.82, 2.24) is 25.3 Å². The van der Waals surface area contributed by atoms with E-state index in [1.165, 1.54) is 39.9 Å². The van der Waals surface area contributed by atoms with E-state index >= 15 is 0 Å². The molecule has 3 saturated carbocycles. The van der Waals surface area contributed by atoms with Gasteiger partial charge in [-0.15, -0.1) is 0 Å². The topological polar surface area (TPSA) is 286 Å². The van der Waals surface area contributed by atoms with Crippen LogP contribution in [0.15, 0.2) is 12.4 Å². The first-order valence-electron chi connectivity index (χ1n) is 20.2. The second kappa shape index (κ2) is 38.2. The van der Waals surface area contributed by atoms with Crippen LogP contribution in [0, 0.1) is 20.2 Å². The number of aliphatic hydroxyl groups excluding tert-OH is 1. The van der Waals surface area contributed by atoms with Crippen LogP contribution in [0.1, 0.15) is 132 Å². The summed E-state index contributed by atoms with van der Waals surface area (Å²) in [5, 5.41) is 33.0. The zero-order chi connectivity index (χ0) is 48.1. The van der Waals surface area contributed by atoms with Crippen LogP contribution in [-0.4, -0.2) is 109 Å². The molecule has 0 unspecified atom stereocenters. The molecule has 0 aromatic carbocycles. The third kappa shape index (κ3) is 25.3. The first kappa shape index (κ1) is 66.5. The van der Waals surface area contributed by atoms with Crippen molar-refractivity contribution in [3.8, 4) is 0 Å². The van der Waals surface area contributed by atoms with Gasteiger partial charge in [-0.05, 0) is 81.0 Å². The highest BCUT2D eigenvalue weighted by Gasteiger charge is 2.38. The van der Waals surface area contributed by atoms with Crippen molar-refractivity contribution in [2.24, 2.45) is 5.73 Å². The summed E-state index contributed by atoms with van der Waals surface area (Å²) in [6, 6.07) is -0.731. The monoisotopic (exact) mass is 1210 g/mol. The number of carbonyl (C=O) groups is 4. The SMILES string of the molecule is C.C.CC[C@@H](N)C(=O)OC.CC[C@@H](NC1CCCC1)C(=O)CO.CC[C@H](C(=O)OC)N(c1nc(Cl)ncc1[N+](=O)[O-])C1CCCC1.II.O=C1CCCC1.O=[N+]([O-])c1cnc(Cl)nc1Cl. The minimum absolute atomic E-state index is 0. The number of anilines is 1. The molecule has 65 heavy (non-hydrogen) atoms. The highest BCUT2D eigenvalue weighted by molar-refractivity contribution is 15.0. The number of ether oxygens (including phenoxy) is 2. The van der Waals surface area contributed by atoms with Crippen LogP contribution in [-0.2, 0) is 28.7 Å². The molecule has 0 amide bonds. The number of nitrogens with one attached hydrogen (secondary N) is 1.